The Hall–Kier alpha value is -3.30. The van der Waals surface area contributed by atoms with Gasteiger partial charge >= 0.3 is 18.2 Å². The molecule has 1 saturated heterocycles. The summed E-state index contributed by atoms with van der Waals surface area (Å²) in [6, 6.07) is 6.94. The van der Waals surface area contributed by atoms with Crippen molar-refractivity contribution >= 4 is 24.1 Å². The quantitative estimate of drug-likeness (QED) is 0.457. The molecule has 1 aromatic rings. The third kappa shape index (κ3) is 8.24. The summed E-state index contributed by atoms with van der Waals surface area (Å²) >= 11 is 0. The topological polar surface area (TPSA) is 123 Å². The van der Waals surface area contributed by atoms with Crippen molar-refractivity contribution in [3.05, 3.63) is 35.9 Å². The SMILES string of the molecule is COC(=O)[C@@H]1CCC[C@H](C)N1C(=O)[C@H](CNC(=O)OCc1ccccc1)NC(=O)OC(C)(C)C. The predicted molar refractivity (Wildman–Crippen MR) is 124 cm³/mol. The highest BCUT2D eigenvalue weighted by molar-refractivity contribution is 5.90. The van der Waals surface area contributed by atoms with Crippen LogP contribution in [-0.4, -0.2) is 66.3 Å². The molecule has 188 valence electrons. The molecule has 1 heterocycles. The van der Waals surface area contributed by atoms with Gasteiger partial charge < -0.3 is 29.7 Å². The van der Waals surface area contributed by atoms with Crippen LogP contribution in [-0.2, 0) is 30.4 Å². The summed E-state index contributed by atoms with van der Waals surface area (Å²) in [5, 5.41) is 5.04. The minimum atomic E-state index is -1.17. The fraction of sp³-hybridized carbons (Fsp3) is 0.583. The third-order valence-corrected chi connectivity index (χ3v) is 5.29. The van der Waals surface area contributed by atoms with Gasteiger partial charge in [-0.2, -0.15) is 0 Å². The Labute approximate surface area is 200 Å². The minimum absolute atomic E-state index is 0.0539. The zero-order chi connectivity index (χ0) is 25.3. The van der Waals surface area contributed by atoms with Crippen LogP contribution in [0.4, 0.5) is 9.59 Å². The van der Waals surface area contributed by atoms with Crippen molar-refractivity contribution in [1.82, 2.24) is 15.5 Å². The molecular weight excluding hydrogens is 442 g/mol. The van der Waals surface area contributed by atoms with E-state index in [4.69, 9.17) is 14.2 Å². The smallest absolute Gasteiger partial charge is 0.408 e. The Balaban J connectivity index is 2.12. The van der Waals surface area contributed by atoms with Gasteiger partial charge in [-0.25, -0.2) is 14.4 Å². The second kappa shape index (κ2) is 12.2. The molecule has 3 atom stereocenters. The molecule has 0 aliphatic carbocycles. The molecule has 0 unspecified atom stereocenters. The average Bonchev–Trinajstić information content (AvgIpc) is 2.78. The number of rotatable bonds is 7. The number of nitrogens with zero attached hydrogens (tertiary/aromatic N) is 1. The molecule has 0 saturated carbocycles. The maximum Gasteiger partial charge on any atom is 0.408 e. The molecule has 0 radical (unpaired) electrons. The number of amides is 3. The van der Waals surface area contributed by atoms with Crippen LogP contribution in [0.2, 0.25) is 0 Å². The molecule has 10 heteroatoms. The van der Waals surface area contributed by atoms with Gasteiger partial charge in [0.15, 0.2) is 0 Å². The van der Waals surface area contributed by atoms with E-state index in [0.717, 1.165) is 12.0 Å². The highest BCUT2D eigenvalue weighted by Gasteiger charge is 2.40. The van der Waals surface area contributed by atoms with Crippen LogP contribution < -0.4 is 10.6 Å². The van der Waals surface area contributed by atoms with Gasteiger partial charge in [0, 0.05) is 6.04 Å². The van der Waals surface area contributed by atoms with Crippen molar-refractivity contribution < 1.29 is 33.4 Å². The molecule has 0 aromatic heterocycles. The van der Waals surface area contributed by atoms with Crippen molar-refractivity contribution in [1.29, 1.82) is 0 Å². The van der Waals surface area contributed by atoms with E-state index in [0.29, 0.717) is 12.8 Å². The molecular formula is C24H35N3O7. The fourth-order valence-electron chi connectivity index (χ4n) is 3.72. The van der Waals surface area contributed by atoms with E-state index >= 15 is 0 Å². The van der Waals surface area contributed by atoms with Gasteiger partial charge in [0.2, 0.25) is 5.91 Å². The number of benzene rings is 1. The first-order valence-corrected chi connectivity index (χ1v) is 11.4. The lowest BCUT2D eigenvalue weighted by Crippen LogP contribution is -2.61. The lowest BCUT2D eigenvalue weighted by atomic mass is 9.95. The number of methoxy groups -OCH3 is 1. The van der Waals surface area contributed by atoms with Gasteiger partial charge in [-0.15, -0.1) is 0 Å². The zero-order valence-electron chi connectivity index (χ0n) is 20.5. The van der Waals surface area contributed by atoms with E-state index in [1.54, 1.807) is 20.8 Å². The van der Waals surface area contributed by atoms with Crippen molar-refractivity contribution in [2.24, 2.45) is 0 Å². The van der Waals surface area contributed by atoms with Crippen molar-refractivity contribution in [3.63, 3.8) is 0 Å². The second-order valence-corrected chi connectivity index (χ2v) is 9.21. The Morgan fingerprint density at radius 3 is 2.38 bits per heavy atom. The van der Waals surface area contributed by atoms with E-state index in [9.17, 15) is 19.2 Å². The lowest BCUT2D eigenvalue weighted by molar-refractivity contribution is -0.157. The largest absolute Gasteiger partial charge is 0.467 e. The number of ether oxygens (including phenoxy) is 3. The van der Waals surface area contributed by atoms with Crippen LogP contribution in [0.15, 0.2) is 30.3 Å². The number of nitrogens with one attached hydrogen (secondary N) is 2. The number of carbonyl (C=O) groups excluding carboxylic acids is 4. The molecule has 3 amide bonds. The predicted octanol–water partition coefficient (Wildman–Crippen LogP) is 2.75. The fourth-order valence-corrected chi connectivity index (χ4v) is 3.72. The van der Waals surface area contributed by atoms with Crippen molar-refractivity contribution in [3.8, 4) is 0 Å². The number of esters is 1. The van der Waals surface area contributed by atoms with Crippen LogP contribution >= 0.6 is 0 Å². The summed E-state index contributed by atoms with van der Waals surface area (Å²) < 4.78 is 15.4. The third-order valence-electron chi connectivity index (χ3n) is 5.29. The van der Waals surface area contributed by atoms with Gasteiger partial charge in [0.25, 0.3) is 0 Å². The van der Waals surface area contributed by atoms with Crippen LogP contribution in [0.5, 0.6) is 0 Å². The number of alkyl carbamates (subject to hydrolysis) is 2. The molecule has 1 aromatic carbocycles. The Morgan fingerprint density at radius 2 is 1.76 bits per heavy atom. The van der Waals surface area contributed by atoms with Gasteiger partial charge in [-0.1, -0.05) is 30.3 Å². The Bertz CT molecular complexity index is 854. The van der Waals surface area contributed by atoms with Crippen LogP contribution in [0, 0.1) is 0 Å². The monoisotopic (exact) mass is 477 g/mol. The molecule has 2 N–H and O–H groups in total. The van der Waals surface area contributed by atoms with Gasteiger partial charge in [-0.3, -0.25) is 4.79 Å². The first kappa shape index (κ1) is 26.9. The van der Waals surface area contributed by atoms with E-state index in [1.807, 2.05) is 37.3 Å². The number of piperidine rings is 1. The number of likely N-dealkylation sites (tertiary alicyclic amines) is 1. The first-order valence-electron chi connectivity index (χ1n) is 11.4. The molecule has 1 fully saturated rings. The number of hydrogen-bond acceptors (Lipinski definition) is 7. The van der Waals surface area contributed by atoms with E-state index < -0.39 is 41.7 Å². The maximum atomic E-state index is 13.5. The Kier molecular flexibility index (Phi) is 9.70. The highest BCUT2D eigenvalue weighted by atomic mass is 16.6. The normalized spacial score (nSPS) is 18.9. The molecule has 34 heavy (non-hydrogen) atoms. The summed E-state index contributed by atoms with van der Waals surface area (Å²) in [4.78, 5) is 51.9. The average molecular weight is 478 g/mol. The molecule has 10 nitrogen and oxygen atoms in total. The van der Waals surface area contributed by atoms with E-state index in [-0.39, 0.29) is 19.2 Å². The van der Waals surface area contributed by atoms with Crippen molar-refractivity contribution in [2.75, 3.05) is 13.7 Å². The summed E-state index contributed by atoms with van der Waals surface area (Å²) in [6.45, 7) is 6.73. The van der Waals surface area contributed by atoms with Gasteiger partial charge in [0.05, 0.1) is 13.7 Å². The minimum Gasteiger partial charge on any atom is -0.467 e. The van der Waals surface area contributed by atoms with Gasteiger partial charge in [0.1, 0.15) is 24.3 Å². The van der Waals surface area contributed by atoms with Crippen LogP contribution in [0.25, 0.3) is 0 Å². The molecule has 1 aliphatic rings. The molecule has 2 rings (SSSR count). The van der Waals surface area contributed by atoms with Gasteiger partial charge in [-0.05, 0) is 52.5 Å². The first-order chi connectivity index (χ1) is 16.0. The standard InChI is InChI=1S/C24H35N3O7/c1-16-10-9-13-19(21(29)32-5)27(16)20(28)18(26-23(31)34-24(2,3)4)14-25-22(30)33-15-17-11-7-6-8-12-17/h6-8,11-12,16,18-19H,9-10,13-15H2,1-5H3,(H,25,30)(H,26,31)/t16-,18-,19-/m0/s1. The summed E-state index contributed by atoms with van der Waals surface area (Å²) in [5.41, 5.74) is 0.0207. The molecule has 1 aliphatic heterocycles. The number of hydrogen-bond donors (Lipinski definition) is 2. The van der Waals surface area contributed by atoms with E-state index in [1.165, 1.54) is 12.0 Å². The van der Waals surface area contributed by atoms with Crippen LogP contribution in [0.1, 0.15) is 52.5 Å². The van der Waals surface area contributed by atoms with E-state index in [2.05, 4.69) is 10.6 Å². The Morgan fingerprint density at radius 1 is 1.09 bits per heavy atom. The van der Waals surface area contributed by atoms with Crippen LogP contribution in [0.3, 0.4) is 0 Å². The molecule has 0 bridgehead atoms. The maximum absolute atomic E-state index is 13.5. The second-order valence-electron chi connectivity index (χ2n) is 9.21. The van der Waals surface area contributed by atoms with Crippen molar-refractivity contribution in [2.45, 2.75) is 77.3 Å². The summed E-state index contributed by atoms with van der Waals surface area (Å²) in [6.07, 6.45) is 0.353. The highest BCUT2D eigenvalue weighted by Crippen LogP contribution is 2.24. The lowest BCUT2D eigenvalue weighted by Gasteiger charge is -2.40. The zero-order valence-corrected chi connectivity index (χ0v) is 20.5. The number of carbonyl (C=O) groups is 4. The summed E-state index contributed by atoms with van der Waals surface area (Å²) in [7, 11) is 1.27. The molecule has 0 spiro atoms. The summed E-state index contributed by atoms with van der Waals surface area (Å²) in [5.74, 6) is -1.04.